The standard InChI is InChI=1S/C18H19N3O4/c1-3-25-18(24)16-15(22)10-12(19-17(16)23)13-9-14(21(2)20-13)11-7-5-4-6-8-11/h4-9,12,22H,3,10H2,1-2H3,(H,19,23). The van der Waals surface area contributed by atoms with E-state index in [9.17, 15) is 14.7 Å². The fraction of sp³-hybridized carbons (Fsp3) is 0.278. The van der Waals surface area contributed by atoms with Gasteiger partial charge in [-0.05, 0) is 18.6 Å². The normalized spacial score (nSPS) is 17.4. The molecule has 1 aliphatic heterocycles. The molecule has 0 fully saturated rings. The summed E-state index contributed by atoms with van der Waals surface area (Å²) in [6, 6.07) is 11.1. The summed E-state index contributed by atoms with van der Waals surface area (Å²) >= 11 is 0. The molecule has 130 valence electrons. The second-order valence-corrected chi connectivity index (χ2v) is 5.72. The van der Waals surface area contributed by atoms with Gasteiger partial charge in [0, 0.05) is 13.5 Å². The smallest absolute Gasteiger partial charge is 0.347 e. The highest BCUT2D eigenvalue weighted by molar-refractivity contribution is 6.17. The van der Waals surface area contributed by atoms with Crippen molar-refractivity contribution in [2.24, 2.45) is 7.05 Å². The summed E-state index contributed by atoms with van der Waals surface area (Å²) in [6.45, 7) is 1.77. The average Bonchev–Trinajstić information content (AvgIpc) is 2.97. The van der Waals surface area contributed by atoms with Crippen LogP contribution >= 0.6 is 0 Å². The summed E-state index contributed by atoms with van der Waals surface area (Å²) in [5, 5.41) is 17.3. The van der Waals surface area contributed by atoms with Gasteiger partial charge in [0.1, 0.15) is 5.76 Å². The minimum Gasteiger partial charge on any atom is -0.511 e. The Balaban J connectivity index is 1.88. The van der Waals surface area contributed by atoms with Crippen LogP contribution in [0.3, 0.4) is 0 Å². The summed E-state index contributed by atoms with van der Waals surface area (Å²) in [4.78, 5) is 24.0. The fourth-order valence-corrected chi connectivity index (χ4v) is 2.84. The molecular weight excluding hydrogens is 322 g/mol. The van der Waals surface area contributed by atoms with Crippen molar-refractivity contribution in [3.05, 3.63) is 53.4 Å². The largest absolute Gasteiger partial charge is 0.511 e. The minimum absolute atomic E-state index is 0.0884. The van der Waals surface area contributed by atoms with Gasteiger partial charge in [-0.1, -0.05) is 30.3 Å². The third-order valence-electron chi connectivity index (χ3n) is 4.02. The van der Waals surface area contributed by atoms with E-state index in [2.05, 4.69) is 10.4 Å². The van der Waals surface area contributed by atoms with Crippen molar-refractivity contribution in [1.82, 2.24) is 15.1 Å². The lowest BCUT2D eigenvalue weighted by atomic mass is 9.99. The van der Waals surface area contributed by atoms with Gasteiger partial charge in [0.25, 0.3) is 5.91 Å². The van der Waals surface area contributed by atoms with Crippen LogP contribution in [-0.2, 0) is 21.4 Å². The maximum Gasteiger partial charge on any atom is 0.347 e. The number of nitrogens with zero attached hydrogens (tertiary/aromatic N) is 2. The number of aromatic nitrogens is 2. The Kier molecular flexibility index (Phi) is 4.56. The Morgan fingerprint density at radius 2 is 2.12 bits per heavy atom. The second-order valence-electron chi connectivity index (χ2n) is 5.72. The highest BCUT2D eigenvalue weighted by Crippen LogP contribution is 2.29. The zero-order chi connectivity index (χ0) is 18.0. The number of amides is 1. The lowest BCUT2D eigenvalue weighted by Gasteiger charge is -2.23. The van der Waals surface area contributed by atoms with Crippen molar-refractivity contribution in [2.75, 3.05) is 6.61 Å². The maximum atomic E-state index is 12.2. The number of hydrogen-bond acceptors (Lipinski definition) is 5. The monoisotopic (exact) mass is 341 g/mol. The van der Waals surface area contributed by atoms with Gasteiger partial charge in [-0.15, -0.1) is 0 Å². The van der Waals surface area contributed by atoms with Crippen molar-refractivity contribution in [3.63, 3.8) is 0 Å². The van der Waals surface area contributed by atoms with Gasteiger partial charge in [0.15, 0.2) is 5.57 Å². The minimum atomic E-state index is -0.818. The molecule has 0 aliphatic carbocycles. The van der Waals surface area contributed by atoms with Gasteiger partial charge in [-0.3, -0.25) is 9.48 Å². The van der Waals surface area contributed by atoms with Crippen molar-refractivity contribution in [3.8, 4) is 11.3 Å². The number of aliphatic hydroxyl groups is 1. The first-order valence-electron chi connectivity index (χ1n) is 8.00. The van der Waals surface area contributed by atoms with Crippen LogP contribution in [-0.4, -0.2) is 33.4 Å². The molecule has 0 radical (unpaired) electrons. The van der Waals surface area contributed by atoms with E-state index in [0.29, 0.717) is 5.69 Å². The number of aryl methyl sites for hydroxylation is 1. The molecule has 25 heavy (non-hydrogen) atoms. The number of rotatable bonds is 4. The molecule has 0 saturated carbocycles. The first kappa shape index (κ1) is 16.8. The molecule has 0 saturated heterocycles. The first-order valence-corrected chi connectivity index (χ1v) is 8.00. The predicted octanol–water partition coefficient (Wildman–Crippen LogP) is 2.02. The van der Waals surface area contributed by atoms with E-state index in [1.165, 1.54) is 0 Å². The Hall–Kier alpha value is -3.09. The highest BCUT2D eigenvalue weighted by atomic mass is 16.5. The van der Waals surface area contributed by atoms with Crippen LogP contribution in [0.15, 0.2) is 47.7 Å². The quantitative estimate of drug-likeness (QED) is 0.655. The van der Waals surface area contributed by atoms with Crippen molar-refractivity contribution < 1.29 is 19.4 Å². The molecule has 2 N–H and O–H groups in total. The first-order chi connectivity index (χ1) is 12.0. The summed E-state index contributed by atoms with van der Waals surface area (Å²) in [5.74, 6) is -1.75. The maximum absolute atomic E-state index is 12.2. The number of benzene rings is 1. The molecule has 0 spiro atoms. The highest BCUT2D eigenvalue weighted by Gasteiger charge is 2.34. The molecule has 2 aromatic rings. The number of esters is 1. The van der Waals surface area contributed by atoms with Gasteiger partial charge in [0.05, 0.1) is 24.0 Å². The van der Waals surface area contributed by atoms with Crippen LogP contribution < -0.4 is 5.32 Å². The van der Waals surface area contributed by atoms with E-state index in [1.807, 2.05) is 43.4 Å². The number of ether oxygens (including phenoxy) is 1. The van der Waals surface area contributed by atoms with Crippen molar-refractivity contribution in [1.29, 1.82) is 0 Å². The molecule has 1 aliphatic rings. The number of carbonyl (C=O) groups excluding carboxylic acids is 2. The Morgan fingerprint density at radius 1 is 1.40 bits per heavy atom. The molecule has 1 aromatic carbocycles. The fourth-order valence-electron chi connectivity index (χ4n) is 2.84. The number of carbonyl (C=O) groups is 2. The van der Waals surface area contributed by atoms with Gasteiger partial charge in [0.2, 0.25) is 0 Å². The molecule has 7 heteroatoms. The van der Waals surface area contributed by atoms with Crippen molar-refractivity contribution in [2.45, 2.75) is 19.4 Å². The Labute approximate surface area is 144 Å². The van der Waals surface area contributed by atoms with E-state index in [0.717, 1.165) is 11.3 Å². The molecule has 1 aromatic heterocycles. The van der Waals surface area contributed by atoms with Crippen LogP contribution in [0.2, 0.25) is 0 Å². The van der Waals surface area contributed by atoms with Crippen LogP contribution in [0.25, 0.3) is 11.3 Å². The van der Waals surface area contributed by atoms with Gasteiger partial charge < -0.3 is 15.2 Å². The molecule has 3 rings (SSSR count). The summed E-state index contributed by atoms with van der Waals surface area (Å²) in [5.41, 5.74) is 2.17. The third-order valence-corrected chi connectivity index (χ3v) is 4.02. The van der Waals surface area contributed by atoms with Crippen LogP contribution in [0.4, 0.5) is 0 Å². The Bertz CT molecular complexity index is 839. The zero-order valence-electron chi connectivity index (χ0n) is 14.0. The molecule has 0 bridgehead atoms. The lowest BCUT2D eigenvalue weighted by Crippen LogP contribution is -2.38. The molecule has 1 atom stereocenters. The molecule has 1 amide bonds. The van der Waals surface area contributed by atoms with E-state index in [-0.39, 0.29) is 24.4 Å². The van der Waals surface area contributed by atoms with E-state index in [4.69, 9.17) is 4.74 Å². The number of nitrogens with one attached hydrogen (secondary N) is 1. The van der Waals surface area contributed by atoms with Gasteiger partial charge in [-0.2, -0.15) is 5.10 Å². The van der Waals surface area contributed by atoms with E-state index in [1.54, 1.807) is 11.6 Å². The average molecular weight is 341 g/mol. The molecule has 1 unspecified atom stereocenters. The third kappa shape index (κ3) is 3.26. The summed E-state index contributed by atoms with van der Waals surface area (Å²) in [7, 11) is 1.82. The van der Waals surface area contributed by atoms with Gasteiger partial charge >= 0.3 is 5.97 Å². The SMILES string of the molecule is CCOC(=O)C1=C(O)CC(c2cc(-c3ccccc3)n(C)n2)NC1=O. The lowest BCUT2D eigenvalue weighted by molar-refractivity contribution is -0.141. The van der Waals surface area contributed by atoms with Crippen LogP contribution in [0.5, 0.6) is 0 Å². The van der Waals surface area contributed by atoms with E-state index < -0.39 is 17.9 Å². The van der Waals surface area contributed by atoms with Crippen LogP contribution in [0.1, 0.15) is 25.1 Å². The van der Waals surface area contributed by atoms with Crippen molar-refractivity contribution >= 4 is 11.9 Å². The van der Waals surface area contributed by atoms with E-state index >= 15 is 0 Å². The molecular formula is C18H19N3O4. The second kappa shape index (κ2) is 6.80. The summed E-state index contributed by atoms with van der Waals surface area (Å²) in [6.07, 6.45) is 0.0884. The predicted molar refractivity (Wildman–Crippen MR) is 90.4 cm³/mol. The molecule has 2 heterocycles. The van der Waals surface area contributed by atoms with Crippen LogP contribution in [0, 0.1) is 0 Å². The molecule has 7 nitrogen and oxygen atoms in total. The number of hydrogen-bond donors (Lipinski definition) is 2. The summed E-state index contributed by atoms with van der Waals surface area (Å²) < 4.78 is 6.53. The number of aliphatic hydroxyl groups excluding tert-OH is 1. The topological polar surface area (TPSA) is 93.4 Å². The zero-order valence-corrected chi connectivity index (χ0v) is 14.0. The Morgan fingerprint density at radius 3 is 2.76 bits per heavy atom. The van der Waals surface area contributed by atoms with Gasteiger partial charge in [-0.25, -0.2) is 4.79 Å².